The Balaban J connectivity index is 2.26. The van der Waals surface area contributed by atoms with Crippen molar-refractivity contribution in [3.8, 4) is 0 Å². The zero-order chi connectivity index (χ0) is 14.7. The summed E-state index contributed by atoms with van der Waals surface area (Å²) in [5.41, 5.74) is 2.14. The van der Waals surface area contributed by atoms with Crippen LogP contribution >= 0.6 is 43.5 Å². The molecule has 20 heavy (non-hydrogen) atoms. The Morgan fingerprint density at radius 2 is 1.95 bits per heavy atom. The Morgan fingerprint density at radius 3 is 2.55 bits per heavy atom. The number of rotatable bonds is 4. The molecule has 2 rings (SSSR count). The fourth-order valence-electron chi connectivity index (χ4n) is 2.07. The average Bonchev–Trinajstić information content (AvgIpc) is 2.38. The summed E-state index contributed by atoms with van der Waals surface area (Å²) in [5, 5.41) is 3.96. The van der Waals surface area contributed by atoms with E-state index < -0.39 is 0 Å². The van der Waals surface area contributed by atoms with Gasteiger partial charge >= 0.3 is 0 Å². The molecule has 1 N–H and O–H groups in total. The Hall–Kier alpha value is -0.420. The topological polar surface area (TPSA) is 12.0 Å². The second kappa shape index (κ2) is 7.03. The third-order valence-electron chi connectivity index (χ3n) is 3.06. The second-order valence-electron chi connectivity index (χ2n) is 4.50. The van der Waals surface area contributed by atoms with E-state index >= 15 is 0 Å². The van der Waals surface area contributed by atoms with E-state index in [1.54, 1.807) is 12.1 Å². The fourth-order valence-corrected chi connectivity index (χ4v) is 3.38. The molecule has 106 valence electrons. The third kappa shape index (κ3) is 4.04. The minimum absolute atomic E-state index is 0.113. The molecule has 0 saturated heterocycles. The summed E-state index contributed by atoms with van der Waals surface area (Å²) >= 11 is 12.7. The molecular formula is C15H13Br2ClFN. The smallest absolute Gasteiger partial charge is 0.137 e. The van der Waals surface area contributed by atoms with Crippen LogP contribution in [-0.2, 0) is 6.42 Å². The first-order chi connectivity index (χ1) is 9.49. The van der Waals surface area contributed by atoms with Crippen LogP contribution < -0.4 is 5.32 Å². The van der Waals surface area contributed by atoms with Crippen molar-refractivity contribution in [1.29, 1.82) is 0 Å². The van der Waals surface area contributed by atoms with E-state index in [4.69, 9.17) is 11.6 Å². The molecule has 1 atom stereocenters. The van der Waals surface area contributed by atoms with E-state index in [1.165, 1.54) is 6.07 Å². The van der Waals surface area contributed by atoms with E-state index in [9.17, 15) is 4.39 Å². The number of benzene rings is 2. The molecular weight excluding hydrogens is 408 g/mol. The summed E-state index contributed by atoms with van der Waals surface area (Å²) in [5.74, 6) is -0.250. The zero-order valence-corrected chi connectivity index (χ0v) is 14.7. The number of nitrogens with one attached hydrogen (secondary N) is 1. The third-order valence-corrected chi connectivity index (χ3v) is 4.34. The number of likely N-dealkylation sites (N-methyl/N-ethyl adjacent to an activating group) is 1. The Bertz CT molecular complexity index is 599. The SMILES string of the molecule is CNC(Cc1ccc(F)c(Br)c1)c1cc(Cl)cc(Br)c1. The van der Waals surface area contributed by atoms with Gasteiger partial charge in [0.05, 0.1) is 4.47 Å². The highest BCUT2D eigenvalue weighted by molar-refractivity contribution is 9.10. The summed E-state index contributed by atoms with van der Waals surface area (Å²) in [6.45, 7) is 0. The van der Waals surface area contributed by atoms with Gasteiger partial charge in [0.15, 0.2) is 0 Å². The highest BCUT2D eigenvalue weighted by Gasteiger charge is 2.12. The van der Waals surface area contributed by atoms with Crippen LogP contribution in [0.2, 0.25) is 5.02 Å². The van der Waals surface area contributed by atoms with Crippen LogP contribution in [0, 0.1) is 5.82 Å². The number of hydrogen-bond acceptors (Lipinski definition) is 1. The van der Waals surface area contributed by atoms with Crippen LogP contribution in [0.4, 0.5) is 4.39 Å². The summed E-state index contributed by atoms with van der Waals surface area (Å²) in [6, 6.07) is 11.0. The van der Waals surface area contributed by atoms with E-state index in [0.717, 1.165) is 22.0 Å². The van der Waals surface area contributed by atoms with Crippen LogP contribution in [0.1, 0.15) is 17.2 Å². The molecule has 0 bridgehead atoms. The van der Waals surface area contributed by atoms with Gasteiger partial charge in [-0.25, -0.2) is 4.39 Å². The largest absolute Gasteiger partial charge is 0.313 e. The average molecular weight is 422 g/mol. The molecule has 0 fully saturated rings. The minimum atomic E-state index is -0.250. The van der Waals surface area contributed by atoms with Gasteiger partial charge in [-0.2, -0.15) is 0 Å². The highest BCUT2D eigenvalue weighted by atomic mass is 79.9. The lowest BCUT2D eigenvalue weighted by Gasteiger charge is -2.18. The first kappa shape index (κ1) is 16.0. The van der Waals surface area contributed by atoms with E-state index in [2.05, 4.69) is 37.2 Å². The van der Waals surface area contributed by atoms with Gasteiger partial charge in [-0.05, 0) is 70.9 Å². The van der Waals surface area contributed by atoms with Crippen LogP contribution in [0.25, 0.3) is 0 Å². The molecule has 0 aliphatic heterocycles. The van der Waals surface area contributed by atoms with Gasteiger partial charge in [-0.3, -0.25) is 0 Å². The maximum absolute atomic E-state index is 13.3. The van der Waals surface area contributed by atoms with E-state index in [1.807, 2.05) is 25.2 Å². The lowest BCUT2D eigenvalue weighted by atomic mass is 9.99. The first-order valence-corrected chi connectivity index (χ1v) is 8.03. The predicted octanol–water partition coefficient (Wildman–Crippen LogP) is 5.51. The molecule has 0 spiro atoms. The first-order valence-electron chi connectivity index (χ1n) is 6.07. The second-order valence-corrected chi connectivity index (χ2v) is 6.70. The molecule has 2 aromatic carbocycles. The van der Waals surface area contributed by atoms with Crippen molar-refractivity contribution in [3.63, 3.8) is 0 Å². The quantitative estimate of drug-likeness (QED) is 0.687. The van der Waals surface area contributed by atoms with Crippen molar-refractivity contribution in [2.75, 3.05) is 7.05 Å². The van der Waals surface area contributed by atoms with E-state index in [0.29, 0.717) is 9.50 Å². The lowest BCUT2D eigenvalue weighted by Crippen LogP contribution is -2.19. The molecule has 0 aliphatic carbocycles. The summed E-state index contributed by atoms with van der Waals surface area (Å²) < 4.78 is 14.7. The van der Waals surface area contributed by atoms with Crippen molar-refractivity contribution in [2.45, 2.75) is 12.5 Å². The van der Waals surface area contributed by atoms with Gasteiger partial charge in [0.25, 0.3) is 0 Å². The Kier molecular flexibility index (Phi) is 5.61. The van der Waals surface area contributed by atoms with Gasteiger partial charge < -0.3 is 5.32 Å². The molecule has 1 nitrogen and oxygen atoms in total. The summed E-state index contributed by atoms with van der Waals surface area (Å²) in [4.78, 5) is 0. The van der Waals surface area contributed by atoms with Crippen LogP contribution in [0.5, 0.6) is 0 Å². The molecule has 0 heterocycles. The minimum Gasteiger partial charge on any atom is -0.313 e. The van der Waals surface area contributed by atoms with Crippen LogP contribution in [-0.4, -0.2) is 7.05 Å². The lowest BCUT2D eigenvalue weighted by molar-refractivity contribution is 0.587. The monoisotopic (exact) mass is 419 g/mol. The zero-order valence-electron chi connectivity index (χ0n) is 10.8. The van der Waals surface area contributed by atoms with Crippen molar-refractivity contribution < 1.29 is 4.39 Å². The van der Waals surface area contributed by atoms with Gasteiger partial charge in [0.1, 0.15) is 5.82 Å². The molecule has 1 unspecified atom stereocenters. The van der Waals surface area contributed by atoms with Gasteiger partial charge in [-0.15, -0.1) is 0 Å². The molecule has 2 aromatic rings. The van der Waals surface area contributed by atoms with Gasteiger partial charge in [0.2, 0.25) is 0 Å². The van der Waals surface area contributed by atoms with Crippen LogP contribution in [0.15, 0.2) is 45.3 Å². The van der Waals surface area contributed by atoms with Gasteiger partial charge in [-0.1, -0.05) is 33.6 Å². The van der Waals surface area contributed by atoms with E-state index in [-0.39, 0.29) is 11.9 Å². The highest BCUT2D eigenvalue weighted by Crippen LogP contribution is 2.27. The van der Waals surface area contributed by atoms with Crippen molar-refractivity contribution in [1.82, 2.24) is 5.32 Å². The van der Waals surface area contributed by atoms with Crippen LogP contribution in [0.3, 0.4) is 0 Å². The van der Waals surface area contributed by atoms with Gasteiger partial charge in [0, 0.05) is 15.5 Å². The predicted molar refractivity (Wildman–Crippen MR) is 88.8 cm³/mol. The maximum atomic E-state index is 13.3. The number of hydrogen-bond donors (Lipinski definition) is 1. The van der Waals surface area contributed by atoms with Crippen molar-refractivity contribution in [3.05, 3.63) is 67.3 Å². The molecule has 0 saturated carbocycles. The molecule has 0 radical (unpaired) electrons. The number of halogens is 4. The summed E-state index contributed by atoms with van der Waals surface area (Å²) in [6.07, 6.45) is 0.752. The van der Waals surface area contributed by atoms with Crippen molar-refractivity contribution in [2.24, 2.45) is 0 Å². The normalized spacial score (nSPS) is 12.4. The standard InChI is InChI=1S/C15H13Br2ClFN/c1-20-15(10-6-11(16)8-12(18)7-10)5-9-2-3-14(19)13(17)4-9/h2-4,6-8,15,20H,5H2,1H3. The molecule has 0 amide bonds. The Morgan fingerprint density at radius 1 is 1.20 bits per heavy atom. The summed E-state index contributed by atoms with van der Waals surface area (Å²) in [7, 11) is 1.90. The van der Waals surface area contributed by atoms with Crippen molar-refractivity contribution >= 4 is 43.5 Å². The maximum Gasteiger partial charge on any atom is 0.137 e. The molecule has 0 aromatic heterocycles. The fraction of sp³-hybridized carbons (Fsp3) is 0.200. The molecule has 0 aliphatic rings. The Labute approximate surface area is 139 Å². The molecule has 5 heteroatoms.